The molecule has 3 N–H and O–H groups in total. The predicted molar refractivity (Wildman–Crippen MR) is 141 cm³/mol. The van der Waals surface area contributed by atoms with Gasteiger partial charge in [-0.3, -0.25) is 19.9 Å². The van der Waals surface area contributed by atoms with Gasteiger partial charge in [-0.15, -0.1) is 0 Å². The normalized spacial score (nSPS) is 17.6. The lowest BCUT2D eigenvalue weighted by atomic mass is 9.99. The number of H-pyrrole nitrogens is 1. The van der Waals surface area contributed by atoms with Gasteiger partial charge in [0.2, 0.25) is 5.54 Å². The quantitative estimate of drug-likeness (QED) is 0.257. The Labute approximate surface area is 227 Å². The standard InChI is InChI=1S/C28H21N7O5/c1-40-21-9-6-19-15-34(24(36)22(19)13-21)16-28(25(37)30-26(38)31-28)11-10-17-4-7-20(8-5-17)35-23(32-33-27(35)39)18-3-2-12-29-14-18/h2-9,12-14H,15-16H2,1H3,(H,33,39)(H2,30,31,37,38). The Balaban J connectivity index is 1.28. The smallest absolute Gasteiger partial charge is 0.348 e. The van der Waals surface area contributed by atoms with E-state index in [1.807, 2.05) is 0 Å². The van der Waals surface area contributed by atoms with E-state index in [0.29, 0.717) is 34.0 Å². The van der Waals surface area contributed by atoms with E-state index in [1.54, 1.807) is 67.0 Å². The highest BCUT2D eigenvalue weighted by atomic mass is 16.5. The van der Waals surface area contributed by atoms with Crippen LogP contribution in [0, 0.1) is 11.8 Å². The number of hydrogen-bond donors (Lipinski definition) is 3. The van der Waals surface area contributed by atoms with Crippen molar-refractivity contribution in [3.05, 3.63) is 94.2 Å². The minimum atomic E-state index is -1.65. The summed E-state index contributed by atoms with van der Waals surface area (Å²) in [6.07, 6.45) is 3.23. The van der Waals surface area contributed by atoms with E-state index >= 15 is 0 Å². The summed E-state index contributed by atoms with van der Waals surface area (Å²) >= 11 is 0. The van der Waals surface area contributed by atoms with Gasteiger partial charge in [-0.1, -0.05) is 17.9 Å². The second-order valence-corrected chi connectivity index (χ2v) is 9.22. The van der Waals surface area contributed by atoms with Crippen molar-refractivity contribution in [1.29, 1.82) is 0 Å². The van der Waals surface area contributed by atoms with Crippen molar-refractivity contribution in [2.45, 2.75) is 12.1 Å². The van der Waals surface area contributed by atoms with Crippen LogP contribution in [0.15, 0.2) is 71.8 Å². The fraction of sp³-hybridized carbons (Fsp3) is 0.143. The molecule has 40 heavy (non-hydrogen) atoms. The Kier molecular flexibility index (Phi) is 5.88. The zero-order valence-corrected chi connectivity index (χ0v) is 21.1. The van der Waals surface area contributed by atoms with Gasteiger partial charge < -0.3 is 15.0 Å². The van der Waals surface area contributed by atoms with E-state index in [9.17, 15) is 19.2 Å². The number of aromatic nitrogens is 4. The van der Waals surface area contributed by atoms with Gasteiger partial charge in [-0.2, -0.15) is 5.10 Å². The summed E-state index contributed by atoms with van der Waals surface area (Å²) in [6, 6.07) is 14.8. The number of aromatic amines is 1. The van der Waals surface area contributed by atoms with Crippen LogP contribution in [0.5, 0.6) is 5.75 Å². The van der Waals surface area contributed by atoms with E-state index in [2.05, 4.69) is 37.7 Å². The lowest BCUT2D eigenvalue weighted by molar-refractivity contribution is -0.122. The van der Waals surface area contributed by atoms with Crippen molar-refractivity contribution in [1.82, 2.24) is 35.3 Å². The largest absolute Gasteiger partial charge is 0.497 e. The van der Waals surface area contributed by atoms with Crippen molar-refractivity contribution >= 4 is 17.8 Å². The number of fused-ring (bicyclic) bond motifs is 1. The molecule has 4 amide bonds. The Morgan fingerprint density at radius 3 is 2.60 bits per heavy atom. The molecule has 1 atom stereocenters. The van der Waals surface area contributed by atoms with Gasteiger partial charge in [-0.05, 0) is 54.1 Å². The van der Waals surface area contributed by atoms with Gasteiger partial charge in [-0.25, -0.2) is 19.3 Å². The number of rotatable bonds is 5. The lowest BCUT2D eigenvalue weighted by Crippen LogP contribution is -2.54. The van der Waals surface area contributed by atoms with Gasteiger partial charge in [0.15, 0.2) is 5.82 Å². The van der Waals surface area contributed by atoms with Crippen molar-refractivity contribution < 1.29 is 19.1 Å². The van der Waals surface area contributed by atoms with Crippen LogP contribution in [-0.2, 0) is 11.3 Å². The van der Waals surface area contributed by atoms with Crippen molar-refractivity contribution in [3.63, 3.8) is 0 Å². The summed E-state index contributed by atoms with van der Waals surface area (Å²) in [5, 5.41) is 11.4. The molecule has 4 heterocycles. The molecule has 1 saturated heterocycles. The van der Waals surface area contributed by atoms with Gasteiger partial charge in [0, 0.05) is 35.6 Å². The summed E-state index contributed by atoms with van der Waals surface area (Å²) in [5.74, 6) is 5.83. The highest BCUT2D eigenvalue weighted by Gasteiger charge is 2.48. The number of carbonyl (C=O) groups is 3. The van der Waals surface area contributed by atoms with Crippen LogP contribution < -0.4 is 21.1 Å². The van der Waals surface area contributed by atoms with Crippen LogP contribution in [0.25, 0.3) is 17.1 Å². The zero-order chi connectivity index (χ0) is 27.9. The Bertz CT molecular complexity index is 1780. The molecule has 198 valence electrons. The molecule has 2 aliphatic heterocycles. The van der Waals surface area contributed by atoms with Crippen LogP contribution >= 0.6 is 0 Å². The number of methoxy groups -OCH3 is 1. The summed E-state index contributed by atoms with van der Waals surface area (Å²) in [7, 11) is 1.52. The SMILES string of the molecule is COc1ccc2c(c1)C(=O)N(CC1(C#Cc3ccc(-n4c(-c5cccnc5)n[nH]c4=O)cc3)NC(=O)NC1=O)C2. The molecule has 0 aliphatic carbocycles. The van der Waals surface area contributed by atoms with Gasteiger partial charge >= 0.3 is 11.7 Å². The molecule has 12 nitrogen and oxygen atoms in total. The number of benzene rings is 2. The molecule has 0 bridgehead atoms. The van der Waals surface area contributed by atoms with Gasteiger partial charge in [0.1, 0.15) is 5.75 Å². The van der Waals surface area contributed by atoms with Crippen molar-refractivity contribution in [3.8, 4) is 34.7 Å². The number of nitrogens with zero attached hydrogens (tertiary/aromatic N) is 4. The number of carbonyl (C=O) groups excluding carboxylic acids is 3. The van der Waals surface area contributed by atoms with Crippen molar-refractivity contribution in [2.24, 2.45) is 0 Å². The minimum absolute atomic E-state index is 0.148. The molecule has 0 spiro atoms. The molecule has 2 aromatic heterocycles. The maximum Gasteiger partial charge on any atom is 0.348 e. The number of urea groups is 1. The maximum absolute atomic E-state index is 13.1. The van der Waals surface area contributed by atoms with Crippen molar-refractivity contribution in [2.75, 3.05) is 13.7 Å². The average Bonchev–Trinajstić information content (AvgIpc) is 3.60. The van der Waals surface area contributed by atoms with Crippen LogP contribution in [-0.4, -0.2) is 61.7 Å². The first-order valence-electron chi connectivity index (χ1n) is 12.2. The van der Waals surface area contributed by atoms with E-state index < -0.39 is 23.2 Å². The minimum Gasteiger partial charge on any atom is -0.497 e. The first-order valence-corrected chi connectivity index (χ1v) is 12.2. The Morgan fingerprint density at radius 1 is 1.07 bits per heavy atom. The van der Waals surface area contributed by atoms with Crippen LogP contribution in [0.4, 0.5) is 4.79 Å². The number of hydrogen-bond acceptors (Lipinski definition) is 7. The fourth-order valence-electron chi connectivity index (χ4n) is 4.71. The second-order valence-electron chi connectivity index (χ2n) is 9.22. The molecule has 2 aromatic carbocycles. The Hall–Kier alpha value is -5.70. The third-order valence-electron chi connectivity index (χ3n) is 6.70. The molecule has 0 saturated carbocycles. The predicted octanol–water partition coefficient (Wildman–Crippen LogP) is 1.22. The fourth-order valence-corrected chi connectivity index (χ4v) is 4.71. The molecule has 6 rings (SSSR count). The summed E-state index contributed by atoms with van der Waals surface area (Å²) < 4.78 is 6.63. The molecule has 12 heteroatoms. The average molecular weight is 536 g/mol. The molecular formula is C28H21N7O5. The first-order chi connectivity index (χ1) is 19.4. The maximum atomic E-state index is 13.1. The third-order valence-corrected chi connectivity index (χ3v) is 6.70. The molecule has 4 aromatic rings. The number of pyridine rings is 1. The van der Waals surface area contributed by atoms with Crippen LogP contribution in [0.1, 0.15) is 21.5 Å². The first kappa shape index (κ1) is 24.6. The number of nitrogens with one attached hydrogen (secondary N) is 3. The summed E-state index contributed by atoms with van der Waals surface area (Å²) in [6.45, 7) is 0.114. The van der Waals surface area contributed by atoms with E-state index in [1.165, 1.54) is 16.6 Å². The molecular weight excluding hydrogens is 514 g/mol. The highest BCUT2D eigenvalue weighted by Crippen LogP contribution is 2.28. The third kappa shape index (κ3) is 4.25. The van der Waals surface area contributed by atoms with Crippen LogP contribution in [0.2, 0.25) is 0 Å². The van der Waals surface area contributed by atoms with E-state index in [4.69, 9.17) is 4.74 Å². The molecule has 0 radical (unpaired) electrons. The lowest BCUT2D eigenvalue weighted by Gasteiger charge is -2.26. The highest BCUT2D eigenvalue weighted by molar-refractivity contribution is 6.10. The summed E-state index contributed by atoms with van der Waals surface area (Å²) in [4.78, 5) is 56.2. The number of imide groups is 1. The van der Waals surface area contributed by atoms with Gasteiger partial charge in [0.25, 0.3) is 11.8 Å². The number of amides is 4. The number of ether oxygens (including phenoxy) is 1. The summed E-state index contributed by atoms with van der Waals surface area (Å²) in [5.41, 5.74) is 0.921. The second kappa shape index (κ2) is 9.55. The van der Waals surface area contributed by atoms with E-state index in [0.717, 1.165) is 5.56 Å². The molecule has 1 fully saturated rings. The monoisotopic (exact) mass is 535 g/mol. The van der Waals surface area contributed by atoms with Crippen LogP contribution in [0.3, 0.4) is 0 Å². The Morgan fingerprint density at radius 2 is 1.90 bits per heavy atom. The topological polar surface area (TPSA) is 151 Å². The van der Waals surface area contributed by atoms with E-state index in [-0.39, 0.29) is 19.0 Å². The molecule has 1 unspecified atom stereocenters. The van der Waals surface area contributed by atoms with Gasteiger partial charge in [0.05, 0.1) is 19.3 Å². The molecule has 2 aliphatic rings. The zero-order valence-electron chi connectivity index (χ0n) is 21.1.